The Hall–Kier alpha value is -2.11. The van der Waals surface area contributed by atoms with Crippen molar-refractivity contribution in [1.82, 2.24) is 9.97 Å². The Morgan fingerprint density at radius 2 is 1.79 bits per heavy atom. The molecule has 0 aliphatic rings. The number of aromatic amines is 1. The van der Waals surface area contributed by atoms with Crippen molar-refractivity contribution in [3.05, 3.63) is 48.2 Å². The molecule has 4 N–H and O–H groups in total. The number of fused-ring (bicyclic) bond motifs is 1. The number of primary amides is 1. The van der Waals surface area contributed by atoms with Crippen molar-refractivity contribution in [2.45, 2.75) is 6.18 Å². The van der Waals surface area contributed by atoms with Crippen LogP contribution in [-0.4, -0.2) is 42.1 Å². The van der Waals surface area contributed by atoms with Crippen molar-refractivity contribution in [3.8, 4) is 0 Å². The molecule has 123 valence electrons. The van der Waals surface area contributed by atoms with Gasteiger partial charge in [0.1, 0.15) is 0 Å². The maximum absolute atomic E-state index is 12.5. The molecule has 9 heteroatoms. The van der Waals surface area contributed by atoms with E-state index in [1.54, 1.807) is 6.20 Å². The number of carbonyl (C=O) groups excluding carboxylic acids is 1. The molecule has 0 aliphatic heterocycles. The summed E-state index contributed by atoms with van der Waals surface area (Å²) >= 11 is 0.841. The Labute approximate surface area is 151 Å². The topological polar surface area (TPSA) is 83.8 Å². The summed E-state index contributed by atoms with van der Waals surface area (Å²) in [5.41, 5.74) is 6.53. The molecule has 0 unspecified atom stereocenters. The number of hydrogen-bond acceptors (Lipinski definition) is 3. The molecule has 1 aromatic carbocycles. The Kier molecular flexibility index (Phi) is 5.81. The van der Waals surface area contributed by atoms with E-state index in [0.29, 0.717) is 5.69 Å². The largest absolute Gasteiger partial charge is 0.372 e. The Morgan fingerprint density at radius 1 is 1.17 bits per heavy atom. The summed E-state index contributed by atoms with van der Waals surface area (Å²) in [6.45, 7) is 0. The molecule has 0 aliphatic carbocycles. The van der Waals surface area contributed by atoms with Crippen LogP contribution >= 0.6 is 0 Å². The number of nitrogens with one attached hydrogen (secondary N) is 2. The minimum Gasteiger partial charge on any atom is -0.372 e. The first-order chi connectivity index (χ1) is 11.3. The third-order valence-corrected chi connectivity index (χ3v) is 4.10. The van der Waals surface area contributed by atoms with Crippen LogP contribution in [0.15, 0.2) is 42.6 Å². The van der Waals surface area contributed by atoms with Gasteiger partial charge < -0.3 is 5.73 Å². The first-order valence-electron chi connectivity index (χ1n) is 6.64. The number of nitrogens with zero attached hydrogens (tertiary/aromatic N) is 1. The second-order valence-electron chi connectivity index (χ2n) is 4.63. The summed E-state index contributed by atoms with van der Waals surface area (Å²) in [5.74, 6) is 0. The predicted molar refractivity (Wildman–Crippen MR) is 86.5 cm³/mol. The monoisotopic (exact) mass is 529 g/mol. The number of nitrogens with two attached hydrogens (primary N) is 1. The maximum atomic E-state index is 12.5. The number of amides is 1. The first-order valence-corrected chi connectivity index (χ1v) is 8.59. The summed E-state index contributed by atoms with van der Waals surface area (Å²) in [4.78, 5) is 16.1. The fourth-order valence-corrected chi connectivity index (χ4v) is 2.75. The molecule has 1 amide bonds. The van der Waals surface area contributed by atoms with Crippen LogP contribution in [0, 0.1) is 0 Å². The second-order valence-corrected chi connectivity index (χ2v) is 6.62. The van der Waals surface area contributed by atoms with Gasteiger partial charge in [0, 0.05) is 0 Å². The van der Waals surface area contributed by atoms with Crippen molar-refractivity contribution >= 4 is 57.8 Å². The third-order valence-electron chi connectivity index (χ3n) is 3.01. The average molecular weight is 528 g/mol. The van der Waals surface area contributed by atoms with Crippen LogP contribution < -0.4 is 14.3 Å². The van der Waals surface area contributed by atoms with E-state index in [9.17, 15) is 13.2 Å². The van der Waals surface area contributed by atoms with Crippen LogP contribution in [0.2, 0.25) is 0 Å². The zero-order chi connectivity index (χ0) is 17.7. The van der Waals surface area contributed by atoms with Crippen LogP contribution in [0.3, 0.4) is 0 Å². The zero-order valence-corrected chi connectivity index (χ0v) is 16.1. The Bertz CT molecular complexity index is 831. The van der Waals surface area contributed by atoms with Gasteiger partial charge in [-0.1, -0.05) is 0 Å². The molecule has 24 heavy (non-hydrogen) atoms. The number of alkyl halides is 3. The second kappa shape index (κ2) is 7.64. The minimum atomic E-state index is -4.32. The van der Waals surface area contributed by atoms with Crippen LogP contribution in [0.25, 0.3) is 11.0 Å². The molecular weight excluding hydrogens is 516 g/mol. The van der Waals surface area contributed by atoms with Crippen molar-refractivity contribution in [2.24, 2.45) is 5.73 Å². The number of carbonyl (C=O) groups is 1. The van der Waals surface area contributed by atoms with Gasteiger partial charge in [0.2, 0.25) is 6.41 Å². The van der Waals surface area contributed by atoms with E-state index in [0.717, 1.165) is 57.9 Å². The van der Waals surface area contributed by atoms with E-state index in [4.69, 9.17) is 4.79 Å². The number of rotatable bonds is 2. The number of pyridine rings is 1. The summed E-state index contributed by atoms with van der Waals surface area (Å²) in [6.07, 6.45) is -2.31. The van der Waals surface area contributed by atoms with Crippen molar-refractivity contribution < 1.29 is 18.0 Å². The zero-order valence-electron chi connectivity index (χ0n) is 12.2. The summed E-state index contributed by atoms with van der Waals surface area (Å²) in [7, 11) is 0. The smallest absolute Gasteiger partial charge is 0.204 e. The molecule has 0 atom stereocenters. The summed E-state index contributed by atoms with van der Waals surface area (Å²) < 4.78 is 38.6. The van der Waals surface area contributed by atoms with Gasteiger partial charge in [0.05, 0.1) is 0 Å². The quantitative estimate of drug-likeness (QED) is 0.353. The molecule has 2 aromatic heterocycles. The van der Waals surface area contributed by atoms with Crippen LogP contribution in [0.1, 0.15) is 5.56 Å². The molecule has 0 saturated carbocycles. The van der Waals surface area contributed by atoms with Gasteiger partial charge in [-0.3, -0.25) is 4.79 Å². The van der Waals surface area contributed by atoms with Gasteiger partial charge in [0.25, 0.3) is 0 Å². The molecule has 3 radical (unpaired) electrons. The van der Waals surface area contributed by atoms with Crippen LogP contribution in [0.5, 0.6) is 0 Å². The van der Waals surface area contributed by atoms with E-state index in [1.165, 1.54) is 12.1 Å². The van der Waals surface area contributed by atoms with Crippen molar-refractivity contribution in [3.63, 3.8) is 0 Å². The van der Waals surface area contributed by atoms with Gasteiger partial charge in [-0.15, -0.1) is 0 Å². The van der Waals surface area contributed by atoms with E-state index in [-0.39, 0.29) is 6.41 Å². The molecule has 3 aromatic rings. The molecule has 3 rings (SSSR count). The molecule has 0 saturated heterocycles. The normalized spacial score (nSPS) is 10.8. The van der Waals surface area contributed by atoms with Crippen molar-refractivity contribution in [2.75, 3.05) is 5.32 Å². The number of hydrogen-bond donors (Lipinski definition) is 3. The summed E-state index contributed by atoms with van der Waals surface area (Å²) in [5, 5.41) is 3.09. The fraction of sp³-hybridized carbons (Fsp3) is 0.0667. The number of anilines is 2. The number of benzene rings is 1. The molecule has 0 bridgehead atoms. The number of H-pyrrole nitrogens is 1. The van der Waals surface area contributed by atoms with E-state index in [1.807, 2.05) is 12.1 Å². The van der Waals surface area contributed by atoms with Gasteiger partial charge >= 0.3 is 134 Å². The molecular formula is C15H12F3N4OPb. The number of halogens is 3. The van der Waals surface area contributed by atoms with Crippen molar-refractivity contribution in [1.29, 1.82) is 0 Å². The van der Waals surface area contributed by atoms with E-state index < -0.39 is 11.7 Å². The Morgan fingerprint density at radius 3 is 2.38 bits per heavy atom. The number of aromatic nitrogens is 2. The van der Waals surface area contributed by atoms with Gasteiger partial charge in [-0.25, -0.2) is 0 Å². The summed E-state index contributed by atoms with van der Waals surface area (Å²) in [6, 6.07) is 8.83. The molecule has 2 heterocycles. The Balaban J connectivity index is 0.000000647. The minimum absolute atomic E-state index is 0.250. The standard InChI is InChI=1S/C14H9F3N3.CH3NO.Pb/c15-14(16,17)9-3-5-10(6-4-9)20-12-8-19-11-2-1-7-18-13(11)12;2-1-3;/h1-6,8,19-20H;1H,(H2,2,3);. The molecule has 0 spiro atoms. The van der Waals surface area contributed by atoms with Gasteiger partial charge in [0.15, 0.2) is 0 Å². The maximum Gasteiger partial charge on any atom is 0.204 e. The molecule has 0 fully saturated rings. The first kappa shape index (κ1) is 18.2. The van der Waals surface area contributed by atoms with Crippen LogP contribution in [-0.2, 0) is 11.0 Å². The van der Waals surface area contributed by atoms with Gasteiger partial charge in [-0.2, -0.15) is 0 Å². The predicted octanol–water partition coefficient (Wildman–Crippen LogP) is 2.22. The molecule has 5 nitrogen and oxygen atoms in total. The van der Waals surface area contributed by atoms with Crippen LogP contribution in [0.4, 0.5) is 24.5 Å². The average Bonchev–Trinajstić information content (AvgIpc) is 2.90. The fourth-order valence-electron chi connectivity index (χ4n) is 1.99. The SMILES string of the molecule is FC(F)(F)c1ccc(Nc2c[nH]c3cc[c]([Pb])nc23)cc1.NC=O. The van der Waals surface area contributed by atoms with E-state index >= 15 is 0 Å². The van der Waals surface area contributed by atoms with Gasteiger partial charge in [-0.05, 0) is 0 Å². The third kappa shape index (κ3) is 4.46. The van der Waals surface area contributed by atoms with E-state index in [2.05, 4.69) is 21.0 Å².